The molecule has 18 heavy (non-hydrogen) atoms. The number of nitrogens with one attached hydrogen (secondary N) is 2. The third-order valence-electron chi connectivity index (χ3n) is 2.55. The molecule has 1 aromatic rings. The van der Waals surface area contributed by atoms with Crippen LogP contribution in [0.5, 0.6) is 5.75 Å². The van der Waals surface area contributed by atoms with Gasteiger partial charge in [-0.25, -0.2) is 4.79 Å². The van der Waals surface area contributed by atoms with Crippen LogP contribution in [0.2, 0.25) is 0 Å². The molecule has 1 aliphatic rings. The van der Waals surface area contributed by atoms with Crippen molar-refractivity contribution in [3.63, 3.8) is 0 Å². The van der Waals surface area contributed by atoms with E-state index in [4.69, 9.17) is 4.74 Å². The molecule has 1 heterocycles. The summed E-state index contributed by atoms with van der Waals surface area (Å²) in [4.78, 5) is 22.5. The van der Waals surface area contributed by atoms with Crippen molar-refractivity contribution in [3.05, 3.63) is 18.2 Å². The summed E-state index contributed by atoms with van der Waals surface area (Å²) in [5.74, 6) is 0.0690. The first kappa shape index (κ1) is 12.2. The summed E-state index contributed by atoms with van der Waals surface area (Å²) in [5, 5.41) is 5.67. The summed E-state index contributed by atoms with van der Waals surface area (Å²) in [6.45, 7) is 1.72. The molecule has 0 aliphatic carbocycles. The van der Waals surface area contributed by atoms with Crippen LogP contribution in [0.25, 0.3) is 0 Å². The molecule has 1 atom stereocenters. The number of fused-ring (bicyclic) bond motifs is 1. The Morgan fingerprint density at radius 1 is 1.56 bits per heavy atom. The minimum atomic E-state index is -0.465. The minimum absolute atomic E-state index is 0.0261. The number of anilines is 2. The van der Waals surface area contributed by atoms with E-state index in [-0.39, 0.29) is 18.5 Å². The Labute approximate surface area is 104 Å². The SMILES string of the molecule is COC(=O)C(C)Nc1ccc2c(c1)NC(=O)CO2. The van der Waals surface area contributed by atoms with Crippen LogP contribution in [0.1, 0.15) is 6.92 Å². The van der Waals surface area contributed by atoms with Gasteiger partial charge in [0.25, 0.3) is 5.91 Å². The van der Waals surface area contributed by atoms with Gasteiger partial charge in [0.1, 0.15) is 11.8 Å². The molecule has 6 nitrogen and oxygen atoms in total. The molecule has 96 valence electrons. The zero-order valence-electron chi connectivity index (χ0n) is 10.1. The van der Waals surface area contributed by atoms with Crippen molar-refractivity contribution in [1.29, 1.82) is 0 Å². The van der Waals surface area contributed by atoms with Gasteiger partial charge in [-0.3, -0.25) is 4.79 Å². The molecule has 0 aromatic heterocycles. The molecule has 0 fully saturated rings. The second-order valence-electron chi connectivity index (χ2n) is 3.94. The number of benzene rings is 1. The molecule has 1 aliphatic heterocycles. The lowest BCUT2D eigenvalue weighted by atomic mass is 10.2. The van der Waals surface area contributed by atoms with Crippen molar-refractivity contribution in [2.75, 3.05) is 24.4 Å². The zero-order valence-corrected chi connectivity index (χ0v) is 10.1. The lowest BCUT2D eigenvalue weighted by Crippen LogP contribution is -2.28. The fourth-order valence-electron chi connectivity index (χ4n) is 1.66. The maximum atomic E-state index is 11.3. The maximum Gasteiger partial charge on any atom is 0.327 e. The lowest BCUT2D eigenvalue weighted by Gasteiger charge is -2.20. The summed E-state index contributed by atoms with van der Waals surface area (Å²) >= 11 is 0. The van der Waals surface area contributed by atoms with E-state index in [0.29, 0.717) is 17.1 Å². The van der Waals surface area contributed by atoms with E-state index in [2.05, 4.69) is 15.4 Å². The first-order valence-electron chi connectivity index (χ1n) is 5.51. The quantitative estimate of drug-likeness (QED) is 0.782. The first-order valence-corrected chi connectivity index (χ1v) is 5.51. The number of amides is 1. The number of rotatable bonds is 3. The van der Waals surface area contributed by atoms with Crippen LogP contribution in [-0.4, -0.2) is 31.6 Å². The number of hydrogen-bond acceptors (Lipinski definition) is 5. The van der Waals surface area contributed by atoms with E-state index in [1.54, 1.807) is 25.1 Å². The van der Waals surface area contributed by atoms with Crippen molar-refractivity contribution < 1.29 is 19.1 Å². The Balaban J connectivity index is 2.13. The van der Waals surface area contributed by atoms with Crippen molar-refractivity contribution in [2.45, 2.75) is 13.0 Å². The van der Waals surface area contributed by atoms with E-state index >= 15 is 0 Å². The first-order chi connectivity index (χ1) is 8.60. The summed E-state index contributed by atoms with van der Waals surface area (Å²) in [7, 11) is 1.33. The molecule has 1 aromatic carbocycles. The average Bonchev–Trinajstić information content (AvgIpc) is 2.37. The Hall–Kier alpha value is -2.24. The van der Waals surface area contributed by atoms with Crippen LogP contribution in [-0.2, 0) is 14.3 Å². The van der Waals surface area contributed by atoms with Crippen LogP contribution < -0.4 is 15.4 Å². The van der Waals surface area contributed by atoms with Gasteiger partial charge in [-0.15, -0.1) is 0 Å². The zero-order chi connectivity index (χ0) is 13.1. The predicted octanol–water partition coefficient (Wildman–Crippen LogP) is 0.991. The van der Waals surface area contributed by atoms with Gasteiger partial charge in [0.15, 0.2) is 6.61 Å². The van der Waals surface area contributed by atoms with Crippen LogP contribution in [0.3, 0.4) is 0 Å². The van der Waals surface area contributed by atoms with E-state index in [1.807, 2.05) is 0 Å². The fraction of sp³-hybridized carbons (Fsp3) is 0.333. The third kappa shape index (κ3) is 2.53. The molecule has 1 unspecified atom stereocenters. The largest absolute Gasteiger partial charge is 0.482 e. The van der Waals surface area contributed by atoms with E-state index in [0.717, 1.165) is 0 Å². The highest BCUT2D eigenvalue weighted by molar-refractivity contribution is 5.96. The van der Waals surface area contributed by atoms with Gasteiger partial charge in [0.2, 0.25) is 0 Å². The number of ether oxygens (including phenoxy) is 2. The molecule has 0 saturated heterocycles. The minimum Gasteiger partial charge on any atom is -0.482 e. The second kappa shape index (κ2) is 4.95. The van der Waals surface area contributed by atoms with Gasteiger partial charge in [-0.05, 0) is 25.1 Å². The molecule has 0 radical (unpaired) electrons. The third-order valence-corrected chi connectivity index (χ3v) is 2.55. The highest BCUT2D eigenvalue weighted by atomic mass is 16.5. The van der Waals surface area contributed by atoms with Crippen LogP contribution in [0.15, 0.2) is 18.2 Å². The highest BCUT2D eigenvalue weighted by Crippen LogP contribution is 2.30. The van der Waals surface area contributed by atoms with Crippen LogP contribution in [0, 0.1) is 0 Å². The molecule has 2 rings (SSSR count). The molecule has 1 amide bonds. The summed E-state index contributed by atoms with van der Waals surface area (Å²) in [6, 6.07) is 4.76. The van der Waals surface area contributed by atoms with E-state index < -0.39 is 6.04 Å². The number of esters is 1. The monoisotopic (exact) mass is 250 g/mol. The fourth-order valence-corrected chi connectivity index (χ4v) is 1.66. The van der Waals surface area contributed by atoms with Gasteiger partial charge in [-0.1, -0.05) is 0 Å². The van der Waals surface area contributed by atoms with Gasteiger partial charge >= 0.3 is 5.97 Å². The number of carbonyl (C=O) groups excluding carboxylic acids is 2. The van der Waals surface area contributed by atoms with Gasteiger partial charge in [0.05, 0.1) is 12.8 Å². The van der Waals surface area contributed by atoms with Crippen LogP contribution >= 0.6 is 0 Å². The van der Waals surface area contributed by atoms with E-state index in [1.165, 1.54) is 7.11 Å². The standard InChI is InChI=1S/C12H14N2O4/c1-7(12(16)17-2)13-8-3-4-10-9(5-8)14-11(15)6-18-10/h3-5,7,13H,6H2,1-2H3,(H,14,15). The van der Waals surface area contributed by atoms with Gasteiger partial charge in [0, 0.05) is 5.69 Å². The molecular weight excluding hydrogens is 236 g/mol. The Bertz CT molecular complexity index is 487. The lowest BCUT2D eigenvalue weighted by molar-refractivity contribution is -0.141. The predicted molar refractivity (Wildman–Crippen MR) is 65.7 cm³/mol. The second-order valence-corrected chi connectivity index (χ2v) is 3.94. The number of carbonyl (C=O) groups is 2. The molecule has 0 bridgehead atoms. The van der Waals surface area contributed by atoms with Crippen molar-refractivity contribution in [2.24, 2.45) is 0 Å². The van der Waals surface area contributed by atoms with Crippen molar-refractivity contribution in [3.8, 4) is 5.75 Å². The van der Waals surface area contributed by atoms with Gasteiger partial charge < -0.3 is 20.1 Å². The molecule has 6 heteroatoms. The normalized spacial score (nSPS) is 14.9. The summed E-state index contributed by atoms with van der Waals surface area (Å²) in [5.41, 5.74) is 1.30. The van der Waals surface area contributed by atoms with Crippen molar-refractivity contribution in [1.82, 2.24) is 0 Å². The van der Waals surface area contributed by atoms with Crippen molar-refractivity contribution >= 4 is 23.3 Å². The topological polar surface area (TPSA) is 76.7 Å². The molecular formula is C12H14N2O4. The summed E-state index contributed by atoms with van der Waals surface area (Å²) < 4.78 is 9.85. The summed E-state index contributed by atoms with van der Waals surface area (Å²) in [6.07, 6.45) is 0. The highest BCUT2D eigenvalue weighted by Gasteiger charge is 2.17. The Morgan fingerprint density at radius 2 is 2.33 bits per heavy atom. The molecule has 2 N–H and O–H groups in total. The number of hydrogen-bond donors (Lipinski definition) is 2. The van der Waals surface area contributed by atoms with Gasteiger partial charge in [-0.2, -0.15) is 0 Å². The smallest absolute Gasteiger partial charge is 0.327 e. The van der Waals surface area contributed by atoms with Crippen LogP contribution in [0.4, 0.5) is 11.4 Å². The molecule has 0 spiro atoms. The average molecular weight is 250 g/mol. The Morgan fingerprint density at radius 3 is 3.06 bits per heavy atom. The Kier molecular flexibility index (Phi) is 3.36. The molecule has 0 saturated carbocycles. The number of methoxy groups -OCH3 is 1. The maximum absolute atomic E-state index is 11.3. The van der Waals surface area contributed by atoms with E-state index in [9.17, 15) is 9.59 Å².